The predicted octanol–water partition coefficient (Wildman–Crippen LogP) is 1.64. The van der Waals surface area contributed by atoms with Gasteiger partial charge in [0.2, 0.25) is 10.0 Å². The van der Waals surface area contributed by atoms with Gasteiger partial charge in [0.15, 0.2) is 0 Å². The third kappa shape index (κ3) is 4.91. The first-order valence-electron chi connectivity index (χ1n) is 8.33. The lowest BCUT2D eigenvalue weighted by Crippen LogP contribution is -2.49. The van der Waals surface area contributed by atoms with E-state index >= 15 is 0 Å². The average Bonchev–Trinajstić information content (AvgIpc) is 2.47. The van der Waals surface area contributed by atoms with Crippen LogP contribution in [0.5, 0.6) is 0 Å². The van der Waals surface area contributed by atoms with Crippen LogP contribution in [0.4, 0.5) is 0 Å². The minimum absolute atomic E-state index is 0.0327. The summed E-state index contributed by atoms with van der Waals surface area (Å²) in [7, 11) is -3.18. The van der Waals surface area contributed by atoms with Crippen molar-refractivity contribution in [2.75, 3.05) is 25.4 Å². The Kier molecular flexibility index (Phi) is 6.05. The fourth-order valence-corrected chi connectivity index (χ4v) is 5.29. The number of nitrogens with one attached hydrogen (secondary N) is 2. The number of rotatable bonds is 6. The molecule has 124 valence electrons. The molecule has 2 rings (SSSR count). The van der Waals surface area contributed by atoms with Crippen LogP contribution in [-0.2, 0) is 14.8 Å². The van der Waals surface area contributed by atoms with E-state index in [1.807, 2.05) is 0 Å². The van der Waals surface area contributed by atoms with Crippen molar-refractivity contribution in [1.82, 2.24) is 10.0 Å². The maximum absolute atomic E-state index is 12.4. The van der Waals surface area contributed by atoms with Crippen LogP contribution in [-0.4, -0.2) is 45.5 Å². The highest BCUT2D eigenvalue weighted by atomic mass is 32.2. The summed E-state index contributed by atoms with van der Waals surface area (Å²) in [5.41, 5.74) is -0.139. The predicted molar refractivity (Wildman–Crippen MR) is 84.8 cm³/mol. The summed E-state index contributed by atoms with van der Waals surface area (Å²) in [6.07, 6.45) is 5.38. The first-order valence-corrected chi connectivity index (χ1v) is 9.98. The van der Waals surface area contributed by atoms with E-state index in [1.54, 1.807) is 0 Å². The standard InChI is InChI=1S/C15H30N2O3S/c1-3-15(4-2)11-14(7-10-20-15)17-21(18,19)12-13-5-8-16-9-6-13/h13-14,16-17H,3-12H2,1-2H3. The molecule has 0 amide bonds. The molecule has 0 spiro atoms. The zero-order valence-corrected chi connectivity index (χ0v) is 14.2. The molecule has 0 aromatic rings. The number of hydrogen-bond acceptors (Lipinski definition) is 4. The van der Waals surface area contributed by atoms with Gasteiger partial charge in [0.25, 0.3) is 0 Å². The van der Waals surface area contributed by atoms with Crippen molar-refractivity contribution >= 4 is 10.0 Å². The highest BCUT2D eigenvalue weighted by molar-refractivity contribution is 7.89. The van der Waals surface area contributed by atoms with Gasteiger partial charge in [-0.25, -0.2) is 13.1 Å². The van der Waals surface area contributed by atoms with Gasteiger partial charge in [-0.1, -0.05) is 13.8 Å². The van der Waals surface area contributed by atoms with E-state index in [0.717, 1.165) is 51.6 Å². The van der Waals surface area contributed by atoms with Crippen LogP contribution in [0.1, 0.15) is 52.4 Å². The molecule has 2 saturated heterocycles. The fourth-order valence-electron chi connectivity index (χ4n) is 3.53. The smallest absolute Gasteiger partial charge is 0.212 e. The molecule has 0 aromatic heterocycles. The van der Waals surface area contributed by atoms with E-state index in [9.17, 15) is 8.42 Å². The number of hydrogen-bond donors (Lipinski definition) is 2. The summed E-state index contributed by atoms with van der Waals surface area (Å²) in [5.74, 6) is 0.572. The lowest BCUT2D eigenvalue weighted by molar-refractivity contribution is -0.0905. The Hall–Kier alpha value is -0.170. The van der Waals surface area contributed by atoms with E-state index in [1.165, 1.54) is 0 Å². The van der Waals surface area contributed by atoms with Crippen molar-refractivity contribution in [3.63, 3.8) is 0 Å². The Morgan fingerprint density at radius 1 is 1.19 bits per heavy atom. The topological polar surface area (TPSA) is 67.4 Å². The van der Waals surface area contributed by atoms with Crippen LogP contribution in [0.3, 0.4) is 0 Å². The second-order valence-corrected chi connectivity index (χ2v) is 8.32. The molecule has 5 nitrogen and oxygen atoms in total. The molecule has 2 aliphatic heterocycles. The van der Waals surface area contributed by atoms with Gasteiger partial charge in [0.05, 0.1) is 11.4 Å². The molecule has 6 heteroatoms. The summed E-state index contributed by atoms with van der Waals surface area (Å²) < 4.78 is 33.6. The maximum Gasteiger partial charge on any atom is 0.212 e. The Balaban J connectivity index is 1.89. The lowest BCUT2D eigenvalue weighted by atomic mass is 9.86. The SMILES string of the molecule is CCC1(CC)CC(NS(=O)(=O)CC2CCNCC2)CCO1. The van der Waals surface area contributed by atoms with Gasteiger partial charge in [0, 0.05) is 12.6 Å². The fraction of sp³-hybridized carbons (Fsp3) is 1.00. The molecule has 0 aliphatic carbocycles. The van der Waals surface area contributed by atoms with E-state index < -0.39 is 10.0 Å². The highest BCUT2D eigenvalue weighted by Crippen LogP contribution is 2.31. The molecule has 2 N–H and O–H groups in total. The Labute approximate surface area is 129 Å². The highest BCUT2D eigenvalue weighted by Gasteiger charge is 2.36. The molecule has 1 atom stereocenters. The maximum atomic E-state index is 12.4. The molecule has 2 heterocycles. The van der Waals surface area contributed by atoms with Gasteiger partial charge in [-0.3, -0.25) is 0 Å². The first kappa shape index (κ1) is 17.2. The molecule has 2 fully saturated rings. The molecule has 0 saturated carbocycles. The average molecular weight is 318 g/mol. The van der Waals surface area contributed by atoms with Gasteiger partial charge < -0.3 is 10.1 Å². The van der Waals surface area contributed by atoms with Gasteiger partial charge in [0.1, 0.15) is 0 Å². The third-order valence-corrected chi connectivity index (χ3v) is 6.64. The number of sulfonamides is 1. The lowest BCUT2D eigenvalue weighted by Gasteiger charge is -2.40. The van der Waals surface area contributed by atoms with Crippen LogP contribution >= 0.6 is 0 Å². The summed E-state index contributed by atoms with van der Waals surface area (Å²) in [6, 6.07) is 0.0327. The van der Waals surface area contributed by atoms with Crippen molar-refractivity contribution in [2.45, 2.75) is 64.0 Å². The summed E-state index contributed by atoms with van der Waals surface area (Å²) in [6.45, 7) is 6.77. The molecular weight excluding hydrogens is 288 g/mol. The van der Waals surface area contributed by atoms with Gasteiger partial charge in [-0.15, -0.1) is 0 Å². The van der Waals surface area contributed by atoms with Crippen LogP contribution in [0.25, 0.3) is 0 Å². The Morgan fingerprint density at radius 3 is 2.48 bits per heavy atom. The zero-order valence-electron chi connectivity index (χ0n) is 13.4. The molecule has 21 heavy (non-hydrogen) atoms. The molecule has 1 unspecified atom stereocenters. The zero-order chi connectivity index (χ0) is 15.3. The van der Waals surface area contributed by atoms with Crippen molar-refractivity contribution < 1.29 is 13.2 Å². The van der Waals surface area contributed by atoms with Crippen molar-refractivity contribution in [1.29, 1.82) is 0 Å². The molecule has 0 radical (unpaired) electrons. The minimum Gasteiger partial charge on any atom is -0.375 e. The largest absolute Gasteiger partial charge is 0.375 e. The van der Waals surface area contributed by atoms with E-state index in [0.29, 0.717) is 12.5 Å². The summed E-state index contributed by atoms with van der Waals surface area (Å²) in [5, 5.41) is 3.28. The summed E-state index contributed by atoms with van der Waals surface area (Å²) >= 11 is 0. The van der Waals surface area contributed by atoms with E-state index in [2.05, 4.69) is 23.9 Å². The van der Waals surface area contributed by atoms with Crippen molar-refractivity contribution in [3.8, 4) is 0 Å². The van der Waals surface area contributed by atoms with E-state index in [-0.39, 0.29) is 17.4 Å². The monoisotopic (exact) mass is 318 g/mol. The number of ether oxygens (including phenoxy) is 1. The van der Waals surface area contributed by atoms with E-state index in [4.69, 9.17) is 4.74 Å². The van der Waals surface area contributed by atoms with Gasteiger partial charge in [-0.2, -0.15) is 0 Å². The van der Waals surface area contributed by atoms with Gasteiger partial charge >= 0.3 is 0 Å². The Bertz CT molecular complexity index is 415. The second kappa shape index (κ2) is 7.40. The van der Waals surface area contributed by atoms with Crippen LogP contribution < -0.4 is 10.0 Å². The van der Waals surface area contributed by atoms with Crippen molar-refractivity contribution in [2.24, 2.45) is 5.92 Å². The summed E-state index contributed by atoms with van der Waals surface area (Å²) in [4.78, 5) is 0. The molecular formula is C15H30N2O3S. The molecule has 0 bridgehead atoms. The second-order valence-electron chi connectivity index (χ2n) is 6.52. The minimum atomic E-state index is -3.18. The normalized spacial score (nSPS) is 27.6. The van der Waals surface area contributed by atoms with Crippen molar-refractivity contribution in [3.05, 3.63) is 0 Å². The molecule has 2 aliphatic rings. The first-order chi connectivity index (χ1) is 9.99. The molecule has 0 aromatic carbocycles. The third-order valence-electron chi connectivity index (χ3n) is 5.04. The van der Waals surface area contributed by atoms with Crippen LogP contribution in [0.15, 0.2) is 0 Å². The van der Waals surface area contributed by atoms with Crippen LogP contribution in [0.2, 0.25) is 0 Å². The Morgan fingerprint density at radius 2 is 1.86 bits per heavy atom. The number of piperidine rings is 1. The van der Waals surface area contributed by atoms with Crippen LogP contribution in [0, 0.1) is 5.92 Å². The quantitative estimate of drug-likeness (QED) is 0.781. The van der Waals surface area contributed by atoms with Gasteiger partial charge in [-0.05, 0) is 57.5 Å².